The van der Waals surface area contributed by atoms with Crippen LogP contribution in [0, 0.1) is 0 Å². The zero-order chi connectivity index (χ0) is 12.0. The summed E-state index contributed by atoms with van der Waals surface area (Å²) in [5.74, 6) is 0.265. The minimum absolute atomic E-state index is 0.0230. The highest BCUT2D eigenvalue weighted by atomic mass is 16.4. The fourth-order valence-electron chi connectivity index (χ4n) is 1.79. The van der Waals surface area contributed by atoms with Crippen LogP contribution in [0.1, 0.15) is 18.9 Å². The molecule has 0 amide bonds. The molecule has 0 fully saturated rings. The topological polar surface area (TPSA) is 61.9 Å². The summed E-state index contributed by atoms with van der Waals surface area (Å²) in [6.45, 7) is 2.81. The van der Waals surface area contributed by atoms with Crippen molar-refractivity contribution in [2.45, 2.75) is 25.9 Å². The van der Waals surface area contributed by atoms with E-state index in [1.165, 1.54) is 5.56 Å². The summed E-state index contributed by atoms with van der Waals surface area (Å²) in [6, 6.07) is 10.1. The first kappa shape index (κ1) is 12.5. The molecule has 0 aliphatic heterocycles. The van der Waals surface area contributed by atoms with Crippen LogP contribution in [0.4, 0.5) is 0 Å². The fraction of sp³-hybridized carbons (Fsp3) is 0.417. The second-order valence-electron chi connectivity index (χ2n) is 3.85. The van der Waals surface area contributed by atoms with Gasteiger partial charge in [0.05, 0.1) is 6.04 Å². The maximum Gasteiger partial charge on any atom is 0.156 e. The molecule has 0 aliphatic rings. The molecule has 0 spiro atoms. The van der Waals surface area contributed by atoms with E-state index >= 15 is 0 Å². The Hall–Kier alpha value is -1.55. The molecule has 0 aromatic heterocycles. The zero-order valence-corrected chi connectivity index (χ0v) is 9.80. The van der Waals surface area contributed by atoms with Crippen LogP contribution < -0.4 is 5.73 Å². The number of amidine groups is 1. The lowest BCUT2D eigenvalue weighted by atomic mass is 10.1. The van der Waals surface area contributed by atoms with Crippen molar-refractivity contribution in [3.8, 4) is 0 Å². The third-order valence-corrected chi connectivity index (χ3v) is 2.65. The molecule has 1 aromatic carbocycles. The monoisotopic (exact) mass is 221 g/mol. The van der Waals surface area contributed by atoms with E-state index in [0.717, 1.165) is 13.0 Å². The molecule has 3 N–H and O–H groups in total. The van der Waals surface area contributed by atoms with Gasteiger partial charge in [-0.1, -0.05) is 42.4 Å². The molecule has 0 bridgehead atoms. The molecule has 0 saturated carbocycles. The smallest absolute Gasteiger partial charge is 0.156 e. The molecular weight excluding hydrogens is 202 g/mol. The summed E-state index contributed by atoms with van der Waals surface area (Å²) in [7, 11) is 1.97. The van der Waals surface area contributed by atoms with Crippen LogP contribution in [0.25, 0.3) is 0 Å². The molecule has 1 rings (SSSR count). The molecule has 0 heterocycles. The van der Waals surface area contributed by atoms with E-state index in [2.05, 4.69) is 22.2 Å². The first-order valence-electron chi connectivity index (χ1n) is 5.40. The van der Waals surface area contributed by atoms with Crippen molar-refractivity contribution in [2.75, 3.05) is 7.05 Å². The molecule has 1 unspecified atom stereocenters. The molecular formula is C12H19N3O. The molecule has 1 atom stereocenters. The van der Waals surface area contributed by atoms with E-state index in [1.54, 1.807) is 0 Å². The van der Waals surface area contributed by atoms with E-state index in [9.17, 15) is 0 Å². The Labute approximate surface area is 96.4 Å². The van der Waals surface area contributed by atoms with Crippen molar-refractivity contribution in [2.24, 2.45) is 10.9 Å². The van der Waals surface area contributed by atoms with Gasteiger partial charge in [-0.3, -0.25) is 4.90 Å². The lowest BCUT2D eigenvalue weighted by Gasteiger charge is -2.25. The van der Waals surface area contributed by atoms with Crippen LogP contribution in [-0.2, 0) is 6.54 Å². The summed E-state index contributed by atoms with van der Waals surface area (Å²) in [6.07, 6.45) is 0.819. The van der Waals surface area contributed by atoms with Gasteiger partial charge in [0.25, 0.3) is 0 Å². The molecule has 4 nitrogen and oxygen atoms in total. The van der Waals surface area contributed by atoms with Crippen LogP contribution in [-0.4, -0.2) is 29.0 Å². The van der Waals surface area contributed by atoms with E-state index in [0.29, 0.717) is 0 Å². The van der Waals surface area contributed by atoms with E-state index in [4.69, 9.17) is 10.9 Å². The summed E-state index contributed by atoms with van der Waals surface area (Å²) >= 11 is 0. The predicted molar refractivity (Wildman–Crippen MR) is 65.4 cm³/mol. The molecule has 16 heavy (non-hydrogen) atoms. The van der Waals surface area contributed by atoms with Gasteiger partial charge < -0.3 is 10.9 Å². The van der Waals surface area contributed by atoms with Gasteiger partial charge in [0, 0.05) is 6.54 Å². The standard InChI is InChI=1S/C12H19N3O/c1-3-11(12(13)14-16)15(2)9-10-7-5-4-6-8-10/h4-8,11,16H,3,9H2,1-2H3,(H2,13,14). The minimum atomic E-state index is -0.0230. The number of hydrogen-bond acceptors (Lipinski definition) is 3. The van der Waals surface area contributed by atoms with Crippen molar-refractivity contribution >= 4 is 5.84 Å². The van der Waals surface area contributed by atoms with Crippen molar-refractivity contribution < 1.29 is 5.21 Å². The van der Waals surface area contributed by atoms with Crippen LogP contribution >= 0.6 is 0 Å². The number of likely N-dealkylation sites (N-methyl/N-ethyl adjacent to an activating group) is 1. The van der Waals surface area contributed by atoms with Crippen molar-refractivity contribution in [1.82, 2.24) is 4.90 Å². The Morgan fingerprint density at radius 2 is 2.06 bits per heavy atom. The zero-order valence-electron chi connectivity index (χ0n) is 9.80. The van der Waals surface area contributed by atoms with E-state index in [-0.39, 0.29) is 11.9 Å². The Bertz CT molecular complexity index is 337. The van der Waals surface area contributed by atoms with Crippen LogP contribution in [0.3, 0.4) is 0 Å². The second kappa shape index (κ2) is 6.12. The van der Waals surface area contributed by atoms with Gasteiger partial charge in [-0.25, -0.2) is 0 Å². The van der Waals surface area contributed by atoms with Gasteiger partial charge in [-0.05, 0) is 19.0 Å². The van der Waals surface area contributed by atoms with Gasteiger partial charge >= 0.3 is 0 Å². The normalized spacial score (nSPS) is 14.1. The van der Waals surface area contributed by atoms with Gasteiger partial charge in [-0.2, -0.15) is 0 Å². The molecule has 0 radical (unpaired) electrons. The van der Waals surface area contributed by atoms with Crippen LogP contribution in [0.5, 0.6) is 0 Å². The van der Waals surface area contributed by atoms with Crippen molar-refractivity contribution in [1.29, 1.82) is 0 Å². The second-order valence-corrected chi connectivity index (χ2v) is 3.85. The number of nitrogens with two attached hydrogens (primary N) is 1. The lowest BCUT2D eigenvalue weighted by Crippen LogP contribution is -2.41. The molecule has 4 heteroatoms. The Kier molecular flexibility index (Phi) is 4.79. The fourth-order valence-corrected chi connectivity index (χ4v) is 1.79. The minimum Gasteiger partial charge on any atom is -0.409 e. The predicted octanol–water partition coefficient (Wildman–Crippen LogP) is 1.64. The van der Waals surface area contributed by atoms with Crippen molar-refractivity contribution in [3.05, 3.63) is 35.9 Å². The third kappa shape index (κ3) is 3.24. The molecule has 88 valence electrons. The van der Waals surface area contributed by atoms with Crippen molar-refractivity contribution in [3.63, 3.8) is 0 Å². The third-order valence-electron chi connectivity index (χ3n) is 2.65. The number of rotatable bonds is 5. The first-order valence-corrected chi connectivity index (χ1v) is 5.40. The summed E-state index contributed by atoms with van der Waals surface area (Å²) < 4.78 is 0. The van der Waals surface area contributed by atoms with Crippen LogP contribution in [0.15, 0.2) is 35.5 Å². The lowest BCUT2D eigenvalue weighted by molar-refractivity contribution is 0.264. The van der Waals surface area contributed by atoms with Crippen LogP contribution in [0.2, 0.25) is 0 Å². The Balaban J connectivity index is 2.67. The molecule has 0 aliphatic carbocycles. The number of nitrogens with zero attached hydrogens (tertiary/aromatic N) is 2. The number of hydrogen-bond donors (Lipinski definition) is 2. The van der Waals surface area contributed by atoms with E-state index < -0.39 is 0 Å². The Morgan fingerprint density at radius 3 is 2.56 bits per heavy atom. The average Bonchev–Trinajstić information content (AvgIpc) is 2.31. The average molecular weight is 221 g/mol. The van der Waals surface area contributed by atoms with Gasteiger partial charge in [0.15, 0.2) is 5.84 Å². The summed E-state index contributed by atoms with van der Waals surface area (Å²) in [5, 5.41) is 11.8. The largest absolute Gasteiger partial charge is 0.409 e. The molecule has 1 aromatic rings. The number of oxime groups is 1. The van der Waals surface area contributed by atoms with E-state index in [1.807, 2.05) is 32.2 Å². The van der Waals surface area contributed by atoms with Gasteiger partial charge in [-0.15, -0.1) is 0 Å². The summed E-state index contributed by atoms with van der Waals surface area (Å²) in [4.78, 5) is 2.07. The highest BCUT2D eigenvalue weighted by Gasteiger charge is 2.17. The molecule has 0 saturated heterocycles. The van der Waals surface area contributed by atoms with Gasteiger partial charge in [0.2, 0.25) is 0 Å². The quantitative estimate of drug-likeness (QED) is 0.344. The SMILES string of the molecule is CCC(C(N)=NO)N(C)Cc1ccccc1. The van der Waals surface area contributed by atoms with Gasteiger partial charge in [0.1, 0.15) is 0 Å². The maximum absolute atomic E-state index is 8.69. The first-order chi connectivity index (χ1) is 7.69. The number of benzene rings is 1. The Morgan fingerprint density at radius 1 is 1.44 bits per heavy atom. The highest BCUT2D eigenvalue weighted by molar-refractivity contribution is 5.85. The highest BCUT2D eigenvalue weighted by Crippen LogP contribution is 2.08. The summed E-state index contributed by atoms with van der Waals surface area (Å²) in [5.41, 5.74) is 6.86. The maximum atomic E-state index is 8.69.